The Hall–Kier alpha value is -2.21. The second-order valence-electron chi connectivity index (χ2n) is 5.55. The van der Waals surface area contributed by atoms with Gasteiger partial charge in [0.05, 0.1) is 29.4 Å². The summed E-state index contributed by atoms with van der Waals surface area (Å²) >= 11 is 0. The maximum absolute atomic E-state index is 13.9. The van der Waals surface area contributed by atoms with Gasteiger partial charge in [-0.05, 0) is 18.2 Å². The molecule has 1 N–H and O–H groups in total. The number of alkyl halides is 3. The molecular weight excluding hydrogens is 386 g/mol. The van der Waals surface area contributed by atoms with Crippen LogP contribution in [0.15, 0.2) is 23.1 Å². The molecule has 1 heterocycles. The molecule has 2 atom stereocenters. The van der Waals surface area contributed by atoms with Crippen molar-refractivity contribution in [2.24, 2.45) is 11.8 Å². The van der Waals surface area contributed by atoms with Crippen LogP contribution in [-0.4, -0.2) is 56.1 Å². The summed E-state index contributed by atoms with van der Waals surface area (Å²) in [6.45, 7) is -1.99. The number of sulfonamides is 1. The third-order valence-corrected chi connectivity index (χ3v) is 5.84. The zero-order valence-electron chi connectivity index (χ0n) is 13.2. The highest BCUT2D eigenvalue weighted by atomic mass is 32.2. The maximum atomic E-state index is 13.9. The van der Waals surface area contributed by atoms with Gasteiger partial charge in [-0.25, -0.2) is 17.6 Å². The Bertz CT molecular complexity index is 838. The van der Waals surface area contributed by atoms with Crippen molar-refractivity contribution in [1.29, 1.82) is 0 Å². The molecule has 1 aromatic carbocycles. The zero-order valence-corrected chi connectivity index (χ0v) is 14.0. The standard InChI is InChI=1S/C14H13F4NO6S/c1-25-13(22)8-3-2-7(4-11(8)15)26(23,24)19-5-9(12(20)21)10(6-19)14(16,17)18/h2-4,9-10H,5-6H2,1H3,(H,20,21)/t9-,10-/m1/s1. The van der Waals surface area contributed by atoms with Gasteiger partial charge in [0.1, 0.15) is 5.82 Å². The summed E-state index contributed by atoms with van der Waals surface area (Å²) in [6, 6.07) is 2.12. The lowest BCUT2D eigenvalue weighted by Gasteiger charge is -2.18. The SMILES string of the molecule is COC(=O)c1ccc(S(=O)(=O)N2C[C@@H](C(F)(F)F)[C@H](C(=O)O)C2)cc1F. The minimum absolute atomic E-state index is 0.344. The van der Waals surface area contributed by atoms with Gasteiger partial charge in [-0.15, -0.1) is 0 Å². The molecule has 0 amide bonds. The van der Waals surface area contributed by atoms with Crippen LogP contribution in [0.1, 0.15) is 10.4 Å². The number of methoxy groups -OCH3 is 1. The van der Waals surface area contributed by atoms with E-state index in [1.165, 1.54) is 0 Å². The van der Waals surface area contributed by atoms with Gasteiger partial charge in [-0.2, -0.15) is 17.5 Å². The first-order valence-corrected chi connectivity index (χ1v) is 8.51. The lowest BCUT2D eigenvalue weighted by atomic mass is 9.96. The molecule has 1 aliphatic heterocycles. The number of hydrogen-bond donors (Lipinski definition) is 1. The number of carbonyl (C=O) groups excluding carboxylic acids is 1. The van der Waals surface area contributed by atoms with Gasteiger partial charge in [-0.3, -0.25) is 4.79 Å². The van der Waals surface area contributed by atoms with Crippen molar-refractivity contribution in [2.75, 3.05) is 20.2 Å². The van der Waals surface area contributed by atoms with Crippen LogP contribution in [0.2, 0.25) is 0 Å². The van der Waals surface area contributed by atoms with Gasteiger partial charge in [-0.1, -0.05) is 0 Å². The summed E-state index contributed by atoms with van der Waals surface area (Å²) in [7, 11) is -3.61. The number of nitrogens with zero attached hydrogens (tertiary/aromatic N) is 1. The number of carboxylic acids is 1. The van der Waals surface area contributed by atoms with Crippen molar-refractivity contribution in [1.82, 2.24) is 4.31 Å². The van der Waals surface area contributed by atoms with Gasteiger partial charge in [0.2, 0.25) is 10.0 Å². The number of esters is 1. The summed E-state index contributed by atoms with van der Waals surface area (Å²) in [4.78, 5) is 21.7. The predicted octanol–water partition coefficient (Wildman–Crippen LogP) is 1.50. The molecule has 0 aromatic heterocycles. The first kappa shape index (κ1) is 20.1. The molecule has 7 nitrogen and oxygen atoms in total. The molecule has 0 unspecified atom stereocenters. The van der Waals surface area contributed by atoms with Crippen molar-refractivity contribution in [3.8, 4) is 0 Å². The van der Waals surface area contributed by atoms with Gasteiger partial charge >= 0.3 is 18.1 Å². The van der Waals surface area contributed by atoms with Crippen molar-refractivity contribution >= 4 is 22.0 Å². The van der Waals surface area contributed by atoms with Gasteiger partial charge in [0.25, 0.3) is 0 Å². The second-order valence-corrected chi connectivity index (χ2v) is 7.49. The van der Waals surface area contributed by atoms with Crippen LogP contribution < -0.4 is 0 Å². The summed E-state index contributed by atoms with van der Waals surface area (Å²) < 4.78 is 82.4. The van der Waals surface area contributed by atoms with Gasteiger partial charge in [0, 0.05) is 13.1 Å². The van der Waals surface area contributed by atoms with Crippen LogP contribution in [0.5, 0.6) is 0 Å². The lowest BCUT2D eigenvalue weighted by Crippen LogP contribution is -2.34. The van der Waals surface area contributed by atoms with Crippen LogP contribution in [0.25, 0.3) is 0 Å². The molecule has 1 saturated heterocycles. The molecule has 0 bridgehead atoms. The van der Waals surface area contributed by atoms with E-state index in [0.717, 1.165) is 19.2 Å². The summed E-state index contributed by atoms with van der Waals surface area (Å²) in [6.07, 6.45) is -4.91. The topological polar surface area (TPSA) is 101 Å². The number of carbonyl (C=O) groups is 2. The molecule has 1 aromatic rings. The molecule has 1 aliphatic rings. The average molecular weight is 399 g/mol. The Kier molecular flexibility index (Phi) is 5.29. The number of benzene rings is 1. The molecule has 0 saturated carbocycles. The van der Waals surface area contributed by atoms with Crippen molar-refractivity contribution < 1.29 is 45.4 Å². The molecule has 0 spiro atoms. The zero-order chi connectivity index (χ0) is 19.9. The van der Waals surface area contributed by atoms with E-state index in [1.807, 2.05) is 0 Å². The molecule has 144 valence electrons. The largest absolute Gasteiger partial charge is 0.481 e. The molecule has 1 fully saturated rings. The molecular formula is C14H13F4NO6S. The number of rotatable bonds is 4. The summed E-state index contributed by atoms with van der Waals surface area (Å²) in [5, 5.41) is 8.94. The number of halogens is 4. The number of ether oxygens (including phenoxy) is 1. The molecule has 0 radical (unpaired) electrons. The van der Waals surface area contributed by atoms with Crippen LogP contribution in [0, 0.1) is 17.7 Å². The van der Waals surface area contributed by atoms with E-state index in [0.29, 0.717) is 10.4 Å². The third-order valence-electron chi connectivity index (χ3n) is 4.01. The van der Waals surface area contributed by atoms with Crippen molar-refractivity contribution in [3.05, 3.63) is 29.6 Å². The normalized spacial score (nSPS) is 21.6. The van der Waals surface area contributed by atoms with E-state index < -0.39 is 69.3 Å². The van der Waals surface area contributed by atoms with E-state index in [4.69, 9.17) is 5.11 Å². The second kappa shape index (κ2) is 6.83. The Morgan fingerprint density at radius 1 is 1.27 bits per heavy atom. The van der Waals surface area contributed by atoms with E-state index in [9.17, 15) is 35.6 Å². The van der Waals surface area contributed by atoms with E-state index >= 15 is 0 Å². The molecule has 2 rings (SSSR count). The fourth-order valence-electron chi connectivity index (χ4n) is 2.63. The third kappa shape index (κ3) is 3.65. The van der Waals surface area contributed by atoms with Crippen LogP contribution in [-0.2, 0) is 19.6 Å². The fourth-order valence-corrected chi connectivity index (χ4v) is 4.13. The highest BCUT2D eigenvalue weighted by Crippen LogP contribution is 2.39. The van der Waals surface area contributed by atoms with Crippen LogP contribution in [0.3, 0.4) is 0 Å². The number of carboxylic acid groups (broad SMARTS) is 1. The Morgan fingerprint density at radius 3 is 2.31 bits per heavy atom. The highest BCUT2D eigenvalue weighted by molar-refractivity contribution is 7.89. The Labute approximate surface area is 145 Å². The average Bonchev–Trinajstić information content (AvgIpc) is 3.00. The van der Waals surface area contributed by atoms with E-state index in [1.54, 1.807) is 0 Å². The molecule has 12 heteroatoms. The van der Waals surface area contributed by atoms with Crippen molar-refractivity contribution in [3.63, 3.8) is 0 Å². The first-order chi connectivity index (χ1) is 11.9. The van der Waals surface area contributed by atoms with Crippen LogP contribution >= 0.6 is 0 Å². The minimum atomic E-state index is -4.91. The van der Waals surface area contributed by atoms with Gasteiger partial charge in [0.15, 0.2) is 0 Å². The smallest absolute Gasteiger partial charge is 0.393 e. The Balaban J connectivity index is 2.38. The van der Waals surface area contributed by atoms with E-state index in [-0.39, 0.29) is 0 Å². The van der Waals surface area contributed by atoms with Gasteiger partial charge < -0.3 is 9.84 Å². The Morgan fingerprint density at radius 2 is 1.88 bits per heavy atom. The molecule has 26 heavy (non-hydrogen) atoms. The van der Waals surface area contributed by atoms with Crippen molar-refractivity contribution in [2.45, 2.75) is 11.1 Å². The molecule has 0 aliphatic carbocycles. The monoisotopic (exact) mass is 399 g/mol. The predicted molar refractivity (Wildman–Crippen MR) is 77.2 cm³/mol. The first-order valence-electron chi connectivity index (χ1n) is 7.07. The van der Waals surface area contributed by atoms with E-state index in [2.05, 4.69) is 4.74 Å². The van der Waals surface area contributed by atoms with Crippen LogP contribution in [0.4, 0.5) is 17.6 Å². The number of hydrogen-bond acceptors (Lipinski definition) is 5. The summed E-state index contributed by atoms with van der Waals surface area (Å²) in [5.74, 6) is -8.43. The summed E-state index contributed by atoms with van der Waals surface area (Å²) in [5.41, 5.74) is -0.551. The minimum Gasteiger partial charge on any atom is -0.481 e. The number of aliphatic carboxylic acids is 1. The lowest BCUT2D eigenvalue weighted by molar-refractivity contribution is -0.187. The quantitative estimate of drug-likeness (QED) is 0.608. The highest BCUT2D eigenvalue weighted by Gasteiger charge is 2.55. The maximum Gasteiger partial charge on any atom is 0.393 e. The fraction of sp³-hybridized carbons (Fsp3) is 0.429.